The van der Waals surface area contributed by atoms with Crippen LogP contribution in [-0.4, -0.2) is 57.0 Å². The zero-order chi connectivity index (χ0) is 12.6. The normalized spacial score (nSPS) is 14.4. The third-order valence-corrected chi connectivity index (χ3v) is 2.19. The number of hydrogen-bond acceptors (Lipinski definition) is 3. The molecule has 0 saturated carbocycles. The Bertz CT molecular complexity index is 176. The first-order valence-electron chi connectivity index (χ1n) is 5.40. The Labute approximate surface area is 94.9 Å². The summed E-state index contributed by atoms with van der Waals surface area (Å²) in [5.74, 6) is 0. The molecule has 0 aliphatic carbocycles. The summed E-state index contributed by atoms with van der Waals surface area (Å²) >= 11 is 0. The third kappa shape index (κ3) is 8.94. The Morgan fingerprint density at radius 1 is 1.38 bits per heavy atom. The maximum absolute atomic E-state index is 12.1. The Balaban J connectivity index is 3.71. The molecule has 3 nitrogen and oxygen atoms in total. The predicted molar refractivity (Wildman–Crippen MR) is 57.5 cm³/mol. The number of halogens is 3. The number of alkyl halides is 3. The second kappa shape index (κ2) is 7.86. The first kappa shape index (κ1) is 15.7. The molecule has 0 aromatic carbocycles. The van der Waals surface area contributed by atoms with Crippen molar-refractivity contribution in [2.75, 3.05) is 39.9 Å². The first-order chi connectivity index (χ1) is 7.39. The monoisotopic (exact) mass is 242 g/mol. The van der Waals surface area contributed by atoms with Crippen LogP contribution in [0.1, 0.15) is 13.8 Å². The number of likely N-dealkylation sites (N-methyl/N-ethyl adjacent to an activating group) is 1. The largest absolute Gasteiger partial charge is 0.401 e. The first-order valence-corrected chi connectivity index (χ1v) is 5.40. The molecule has 1 N–H and O–H groups in total. The van der Waals surface area contributed by atoms with Gasteiger partial charge in [0.25, 0.3) is 0 Å². The fourth-order valence-electron chi connectivity index (χ4n) is 1.38. The van der Waals surface area contributed by atoms with Crippen molar-refractivity contribution in [3.63, 3.8) is 0 Å². The molecule has 0 rings (SSSR count). The van der Waals surface area contributed by atoms with Crippen LogP contribution in [0, 0.1) is 0 Å². The lowest BCUT2D eigenvalue weighted by atomic mass is 10.3. The molecule has 0 spiro atoms. The van der Waals surface area contributed by atoms with E-state index in [1.165, 1.54) is 4.90 Å². The summed E-state index contributed by atoms with van der Waals surface area (Å²) in [7, 11) is 1.60. The molecule has 0 fully saturated rings. The van der Waals surface area contributed by atoms with Crippen LogP contribution in [0.5, 0.6) is 0 Å². The molecular formula is C10H21F3N2O. The smallest absolute Gasteiger partial charge is 0.383 e. The van der Waals surface area contributed by atoms with Gasteiger partial charge in [0.15, 0.2) is 0 Å². The zero-order valence-electron chi connectivity index (χ0n) is 10.1. The van der Waals surface area contributed by atoms with Crippen LogP contribution in [0.2, 0.25) is 0 Å². The van der Waals surface area contributed by atoms with Crippen LogP contribution in [0.3, 0.4) is 0 Å². The van der Waals surface area contributed by atoms with Crippen molar-refractivity contribution in [3.8, 4) is 0 Å². The van der Waals surface area contributed by atoms with E-state index >= 15 is 0 Å². The minimum atomic E-state index is -4.12. The molecule has 0 radical (unpaired) electrons. The highest BCUT2D eigenvalue weighted by Gasteiger charge is 2.29. The molecule has 0 aliphatic heterocycles. The van der Waals surface area contributed by atoms with Crippen molar-refractivity contribution in [3.05, 3.63) is 0 Å². The van der Waals surface area contributed by atoms with Crippen LogP contribution >= 0.6 is 0 Å². The number of hydrogen-bond donors (Lipinski definition) is 1. The molecule has 0 aromatic rings. The highest BCUT2D eigenvalue weighted by molar-refractivity contribution is 4.65. The highest BCUT2D eigenvalue weighted by atomic mass is 19.4. The van der Waals surface area contributed by atoms with E-state index in [2.05, 4.69) is 5.32 Å². The SMILES string of the molecule is CCN(CCNC(C)COC)CC(F)(F)F. The summed E-state index contributed by atoms with van der Waals surface area (Å²) in [6.07, 6.45) is -4.12. The fourth-order valence-corrected chi connectivity index (χ4v) is 1.38. The fraction of sp³-hybridized carbons (Fsp3) is 1.00. The molecule has 0 aromatic heterocycles. The van der Waals surface area contributed by atoms with Gasteiger partial charge in [-0.3, -0.25) is 4.90 Å². The summed E-state index contributed by atoms with van der Waals surface area (Å²) in [6.45, 7) is 4.71. The van der Waals surface area contributed by atoms with Crippen molar-refractivity contribution in [2.24, 2.45) is 0 Å². The number of nitrogens with one attached hydrogen (secondary N) is 1. The van der Waals surface area contributed by atoms with Crippen molar-refractivity contribution in [1.29, 1.82) is 0 Å². The number of rotatable bonds is 8. The van der Waals surface area contributed by atoms with E-state index in [4.69, 9.17) is 4.74 Å². The number of methoxy groups -OCH3 is 1. The average Bonchev–Trinajstić information content (AvgIpc) is 2.14. The van der Waals surface area contributed by atoms with Crippen molar-refractivity contribution < 1.29 is 17.9 Å². The minimum absolute atomic E-state index is 0.162. The molecule has 98 valence electrons. The van der Waals surface area contributed by atoms with Gasteiger partial charge in [0, 0.05) is 26.2 Å². The molecule has 0 heterocycles. The second-order valence-corrected chi connectivity index (χ2v) is 3.79. The summed E-state index contributed by atoms with van der Waals surface area (Å²) in [5.41, 5.74) is 0. The molecule has 6 heteroatoms. The van der Waals surface area contributed by atoms with Gasteiger partial charge in [0.2, 0.25) is 0 Å². The molecular weight excluding hydrogens is 221 g/mol. The van der Waals surface area contributed by atoms with Gasteiger partial charge in [-0.25, -0.2) is 0 Å². The zero-order valence-corrected chi connectivity index (χ0v) is 10.1. The van der Waals surface area contributed by atoms with E-state index in [9.17, 15) is 13.2 Å². The maximum atomic E-state index is 12.1. The van der Waals surface area contributed by atoms with Gasteiger partial charge < -0.3 is 10.1 Å². The van der Waals surface area contributed by atoms with Gasteiger partial charge in [-0.1, -0.05) is 6.92 Å². The Kier molecular flexibility index (Phi) is 7.70. The standard InChI is InChI=1S/C10H21F3N2O/c1-4-15(8-10(11,12)13)6-5-14-9(2)7-16-3/h9,14H,4-8H2,1-3H3. The minimum Gasteiger partial charge on any atom is -0.383 e. The Hall–Kier alpha value is -0.330. The molecule has 1 unspecified atom stereocenters. The predicted octanol–water partition coefficient (Wildman–Crippen LogP) is 1.50. The van der Waals surface area contributed by atoms with E-state index < -0.39 is 12.7 Å². The second-order valence-electron chi connectivity index (χ2n) is 3.79. The van der Waals surface area contributed by atoms with Crippen LogP contribution in [0.25, 0.3) is 0 Å². The molecule has 16 heavy (non-hydrogen) atoms. The van der Waals surface area contributed by atoms with Gasteiger partial charge in [-0.05, 0) is 13.5 Å². The highest BCUT2D eigenvalue weighted by Crippen LogP contribution is 2.15. The van der Waals surface area contributed by atoms with Crippen molar-refractivity contribution >= 4 is 0 Å². The Morgan fingerprint density at radius 2 is 2.00 bits per heavy atom. The van der Waals surface area contributed by atoms with Crippen molar-refractivity contribution in [1.82, 2.24) is 10.2 Å². The lowest BCUT2D eigenvalue weighted by molar-refractivity contribution is -0.145. The topological polar surface area (TPSA) is 24.5 Å². The summed E-state index contributed by atoms with van der Waals surface area (Å²) in [5, 5.41) is 3.10. The van der Waals surface area contributed by atoms with E-state index in [-0.39, 0.29) is 6.04 Å². The molecule has 0 bridgehead atoms. The maximum Gasteiger partial charge on any atom is 0.401 e. The van der Waals surface area contributed by atoms with Crippen LogP contribution in [-0.2, 0) is 4.74 Å². The average molecular weight is 242 g/mol. The Morgan fingerprint density at radius 3 is 2.44 bits per heavy atom. The van der Waals surface area contributed by atoms with Gasteiger partial charge in [0.05, 0.1) is 13.2 Å². The van der Waals surface area contributed by atoms with Crippen LogP contribution in [0.4, 0.5) is 13.2 Å². The molecule has 0 saturated heterocycles. The lowest BCUT2D eigenvalue weighted by Crippen LogP contribution is -2.41. The third-order valence-electron chi connectivity index (χ3n) is 2.19. The quantitative estimate of drug-likeness (QED) is 0.698. The summed E-state index contributed by atoms with van der Waals surface area (Å²) in [4.78, 5) is 1.37. The summed E-state index contributed by atoms with van der Waals surface area (Å²) in [6, 6.07) is 0.162. The van der Waals surface area contributed by atoms with Gasteiger partial charge in [0.1, 0.15) is 0 Å². The lowest BCUT2D eigenvalue weighted by Gasteiger charge is -2.23. The molecule has 1 atom stereocenters. The van der Waals surface area contributed by atoms with Crippen molar-refractivity contribution in [2.45, 2.75) is 26.1 Å². The van der Waals surface area contributed by atoms with E-state index in [1.54, 1.807) is 14.0 Å². The van der Waals surface area contributed by atoms with Gasteiger partial charge in [-0.15, -0.1) is 0 Å². The van der Waals surface area contributed by atoms with Crippen LogP contribution < -0.4 is 5.32 Å². The summed E-state index contributed by atoms with van der Waals surface area (Å²) < 4.78 is 41.3. The van der Waals surface area contributed by atoms with E-state index in [1.807, 2.05) is 6.92 Å². The van der Waals surface area contributed by atoms with Crippen LogP contribution in [0.15, 0.2) is 0 Å². The van der Waals surface area contributed by atoms with Gasteiger partial charge in [-0.2, -0.15) is 13.2 Å². The number of nitrogens with zero attached hydrogens (tertiary/aromatic N) is 1. The van der Waals surface area contributed by atoms with E-state index in [0.29, 0.717) is 26.2 Å². The number of ether oxygens (including phenoxy) is 1. The molecule has 0 aliphatic rings. The van der Waals surface area contributed by atoms with Gasteiger partial charge >= 0.3 is 6.18 Å². The van der Waals surface area contributed by atoms with E-state index in [0.717, 1.165) is 0 Å². The molecule has 0 amide bonds.